The lowest BCUT2D eigenvalue weighted by atomic mass is 9.51. The lowest BCUT2D eigenvalue weighted by Gasteiger charge is -2.63. The predicted octanol–water partition coefficient (Wildman–Crippen LogP) is 5.06. The van der Waals surface area contributed by atoms with E-state index in [4.69, 9.17) is 0 Å². The van der Waals surface area contributed by atoms with Crippen molar-refractivity contribution >= 4 is 11.7 Å². The van der Waals surface area contributed by atoms with Crippen molar-refractivity contribution in [1.29, 1.82) is 0 Å². The Labute approximate surface area is 190 Å². The highest BCUT2D eigenvalue weighted by molar-refractivity contribution is 5.84. The van der Waals surface area contributed by atoms with Crippen molar-refractivity contribution < 1.29 is 9.59 Å². The molecule has 2 aliphatic carbocycles. The van der Waals surface area contributed by atoms with Crippen molar-refractivity contribution in [3.8, 4) is 0 Å². The fraction of sp³-hybridized carbons (Fsp3) is 0.926. The van der Waals surface area contributed by atoms with Crippen LogP contribution in [-0.2, 0) is 9.59 Å². The molecule has 0 bridgehead atoms. The van der Waals surface area contributed by atoms with Crippen LogP contribution in [0.1, 0.15) is 93.9 Å². The number of hydrogen-bond acceptors (Lipinski definition) is 3. The summed E-state index contributed by atoms with van der Waals surface area (Å²) in [5.74, 6) is 4.01. The second-order valence-corrected chi connectivity index (χ2v) is 13.2. The Morgan fingerprint density at radius 3 is 2.45 bits per heavy atom. The summed E-state index contributed by atoms with van der Waals surface area (Å²) in [5, 5.41) is 3.40. The van der Waals surface area contributed by atoms with Gasteiger partial charge in [0.15, 0.2) is 0 Å². The number of nitrogens with one attached hydrogen (secondary N) is 1. The van der Waals surface area contributed by atoms with Crippen LogP contribution in [-0.4, -0.2) is 40.8 Å². The number of nitrogens with zero attached hydrogens (tertiary/aromatic N) is 1. The van der Waals surface area contributed by atoms with Gasteiger partial charge in [0.1, 0.15) is 5.78 Å². The number of rotatable bonds is 2. The lowest BCUT2D eigenvalue weighted by molar-refractivity contribution is -0.154. The molecule has 3 unspecified atom stereocenters. The molecule has 0 aromatic heterocycles. The fourth-order valence-electron chi connectivity index (χ4n) is 8.92. The Balaban J connectivity index is 1.57. The van der Waals surface area contributed by atoms with Gasteiger partial charge in [0.2, 0.25) is 5.91 Å². The highest BCUT2D eigenvalue weighted by atomic mass is 16.2. The molecule has 1 N–H and O–H groups in total. The Morgan fingerprint density at radius 2 is 1.81 bits per heavy atom. The molecule has 4 rings (SSSR count). The summed E-state index contributed by atoms with van der Waals surface area (Å²) in [5.41, 5.74) is 0.148. The van der Waals surface area contributed by atoms with Crippen molar-refractivity contribution in [2.75, 3.05) is 6.54 Å². The first-order valence-corrected chi connectivity index (χ1v) is 12.9. The summed E-state index contributed by atoms with van der Waals surface area (Å²) in [6.45, 7) is 18.9. The summed E-state index contributed by atoms with van der Waals surface area (Å²) >= 11 is 0. The van der Waals surface area contributed by atoms with E-state index in [-0.39, 0.29) is 28.9 Å². The molecule has 176 valence electrons. The first kappa shape index (κ1) is 23.3. The smallest absolute Gasteiger partial charge is 0.225 e. The van der Waals surface area contributed by atoms with E-state index in [0.29, 0.717) is 29.0 Å². The van der Waals surface area contributed by atoms with Gasteiger partial charge in [-0.2, -0.15) is 0 Å². The maximum atomic E-state index is 12.7. The summed E-state index contributed by atoms with van der Waals surface area (Å²) in [6, 6.07) is 0.312. The van der Waals surface area contributed by atoms with Crippen LogP contribution in [0.25, 0.3) is 0 Å². The van der Waals surface area contributed by atoms with Crippen LogP contribution in [0.5, 0.6) is 0 Å². The molecule has 1 amide bonds. The maximum absolute atomic E-state index is 12.7. The quantitative estimate of drug-likeness (QED) is 0.666. The molecule has 0 spiro atoms. The molecule has 4 aliphatic rings. The van der Waals surface area contributed by atoms with E-state index < -0.39 is 0 Å². The molecule has 31 heavy (non-hydrogen) atoms. The van der Waals surface area contributed by atoms with E-state index in [1.807, 2.05) is 20.8 Å². The zero-order chi connectivity index (χ0) is 22.9. The first-order chi connectivity index (χ1) is 14.3. The van der Waals surface area contributed by atoms with E-state index in [1.165, 1.54) is 25.7 Å². The van der Waals surface area contributed by atoms with Gasteiger partial charge in [0, 0.05) is 23.4 Å². The average Bonchev–Trinajstić information content (AvgIpc) is 2.94. The van der Waals surface area contributed by atoms with Crippen LogP contribution in [0.3, 0.4) is 0 Å². The Hall–Kier alpha value is -0.900. The number of fused-ring (bicyclic) bond motifs is 5. The molecule has 2 aliphatic heterocycles. The Bertz CT molecular complexity index is 742. The molecule has 2 saturated heterocycles. The minimum Gasteiger partial charge on any atom is -0.353 e. The van der Waals surface area contributed by atoms with Crippen LogP contribution in [0, 0.1) is 40.4 Å². The molecule has 0 radical (unpaired) electrons. The van der Waals surface area contributed by atoms with Crippen LogP contribution >= 0.6 is 0 Å². The normalized spacial score (nSPS) is 46.6. The van der Waals surface area contributed by atoms with Crippen molar-refractivity contribution in [3.63, 3.8) is 0 Å². The molecule has 9 atom stereocenters. The third-order valence-electron chi connectivity index (χ3n) is 10.4. The second-order valence-electron chi connectivity index (χ2n) is 13.2. The van der Waals surface area contributed by atoms with Crippen molar-refractivity contribution in [2.45, 2.75) is 112 Å². The molecular weight excluding hydrogens is 384 g/mol. The number of Topliss-reactive ketones (excluding diaryl/α,β-unsaturated/α-hetero) is 1. The van der Waals surface area contributed by atoms with Gasteiger partial charge in [-0.1, -0.05) is 34.6 Å². The minimum atomic E-state index is -0.343. The zero-order valence-electron chi connectivity index (χ0n) is 21.3. The topological polar surface area (TPSA) is 49.4 Å². The highest BCUT2D eigenvalue weighted by Gasteiger charge is 2.62. The highest BCUT2D eigenvalue weighted by Crippen LogP contribution is 2.65. The molecule has 4 heteroatoms. The molecule has 2 heterocycles. The maximum Gasteiger partial charge on any atom is 0.225 e. The predicted molar refractivity (Wildman–Crippen MR) is 126 cm³/mol. The summed E-state index contributed by atoms with van der Waals surface area (Å²) < 4.78 is 0. The SMILES string of the molecule is CC1C[C@H]2[C@@H]3CCN4C(C)C(=O)CC[C@]4(C)[C@H]3CC[C@]2(C)[C@H]1C(C)NC(=O)C(C)(C)C. The largest absolute Gasteiger partial charge is 0.353 e. The van der Waals surface area contributed by atoms with Crippen molar-refractivity contribution in [2.24, 2.45) is 40.4 Å². The number of carbonyl (C=O) groups excluding carboxylic acids is 2. The lowest BCUT2D eigenvalue weighted by Crippen LogP contribution is -2.67. The summed E-state index contributed by atoms with van der Waals surface area (Å²) in [6.07, 6.45) is 6.86. The van der Waals surface area contributed by atoms with Crippen LogP contribution < -0.4 is 5.32 Å². The van der Waals surface area contributed by atoms with Crippen LogP contribution in [0.2, 0.25) is 0 Å². The zero-order valence-corrected chi connectivity index (χ0v) is 21.3. The molecule has 4 nitrogen and oxygen atoms in total. The third-order valence-corrected chi connectivity index (χ3v) is 10.4. The van der Waals surface area contributed by atoms with E-state index in [2.05, 4.69) is 44.8 Å². The van der Waals surface area contributed by atoms with Gasteiger partial charge in [-0.25, -0.2) is 0 Å². The standard InChI is InChI=1S/C27H46N2O2/c1-16-15-21-19-11-14-29-18(3)22(30)10-13-27(29,8)20(19)9-12-26(21,7)23(16)17(2)28-24(31)25(4,5)6/h16-21,23H,9-15H2,1-8H3,(H,28,31)/t16?,17?,18?,19-,20+,21+,23-,26+,27-/m1/s1. The van der Waals surface area contributed by atoms with E-state index >= 15 is 0 Å². The second kappa shape index (κ2) is 7.57. The van der Waals surface area contributed by atoms with E-state index in [0.717, 1.165) is 31.2 Å². The monoisotopic (exact) mass is 430 g/mol. The van der Waals surface area contributed by atoms with Crippen LogP contribution in [0.4, 0.5) is 0 Å². The number of amides is 1. The van der Waals surface area contributed by atoms with E-state index in [9.17, 15) is 9.59 Å². The minimum absolute atomic E-state index is 0.0934. The van der Waals surface area contributed by atoms with Gasteiger partial charge in [-0.3, -0.25) is 14.5 Å². The Kier molecular flexibility index (Phi) is 5.68. The van der Waals surface area contributed by atoms with E-state index in [1.54, 1.807) is 0 Å². The summed E-state index contributed by atoms with van der Waals surface area (Å²) in [4.78, 5) is 27.7. The van der Waals surface area contributed by atoms with Crippen molar-refractivity contribution in [1.82, 2.24) is 10.2 Å². The van der Waals surface area contributed by atoms with Gasteiger partial charge < -0.3 is 5.32 Å². The van der Waals surface area contributed by atoms with Gasteiger partial charge in [-0.05, 0) is 94.4 Å². The number of ketones is 1. The molecule has 4 fully saturated rings. The fourth-order valence-corrected chi connectivity index (χ4v) is 8.92. The molecule has 2 saturated carbocycles. The number of piperidine rings is 2. The average molecular weight is 431 g/mol. The first-order valence-electron chi connectivity index (χ1n) is 12.9. The molecule has 0 aromatic carbocycles. The molecule has 0 aromatic rings. The van der Waals surface area contributed by atoms with Gasteiger partial charge in [0.25, 0.3) is 0 Å². The van der Waals surface area contributed by atoms with Crippen LogP contribution in [0.15, 0.2) is 0 Å². The van der Waals surface area contributed by atoms with Crippen molar-refractivity contribution in [3.05, 3.63) is 0 Å². The van der Waals surface area contributed by atoms with Gasteiger partial charge in [0.05, 0.1) is 6.04 Å². The Morgan fingerprint density at radius 1 is 1.13 bits per heavy atom. The number of hydrogen-bond donors (Lipinski definition) is 1. The van der Waals surface area contributed by atoms with Gasteiger partial charge in [-0.15, -0.1) is 0 Å². The third kappa shape index (κ3) is 3.50. The summed E-state index contributed by atoms with van der Waals surface area (Å²) in [7, 11) is 0. The van der Waals surface area contributed by atoms with Gasteiger partial charge >= 0.3 is 0 Å². The molecular formula is C27H46N2O2. The number of carbonyl (C=O) groups is 2.